The number of ether oxygens (including phenoxy) is 1. The van der Waals surface area contributed by atoms with Crippen LogP contribution in [-0.4, -0.2) is 64.9 Å². The van der Waals surface area contributed by atoms with Crippen molar-refractivity contribution in [2.45, 2.75) is 69.8 Å². The van der Waals surface area contributed by atoms with Gasteiger partial charge in [0.1, 0.15) is 5.78 Å². The molecule has 150 valence electrons. The van der Waals surface area contributed by atoms with E-state index in [0.717, 1.165) is 32.4 Å². The number of piperidine rings is 1. The second-order valence-corrected chi connectivity index (χ2v) is 10.9. The maximum atomic E-state index is 13.7. The molecule has 7 bridgehead atoms. The molecular formula is C22H33NO4. The summed E-state index contributed by atoms with van der Waals surface area (Å²) in [6.45, 7) is 6.59. The Morgan fingerprint density at radius 2 is 2.07 bits per heavy atom. The SMILES string of the molecule is CCN1C[C@]2(C)CCC(=O)[C@@]34[C@@H]5C[C@H]6[C@H](O)[C@@H]5[C@](O)(C[C@@H]6OC)[C@@H](C[C@H]23)[C@@H]14. The van der Waals surface area contributed by atoms with E-state index in [1.165, 1.54) is 0 Å². The highest BCUT2D eigenvalue weighted by atomic mass is 16.5. The van der Waals surface area contributed by atoms with Gasteiger partial charge in [0.2, 0.25) is 0 Å². The predicted molar refractivity (Wildman–Crippen MR) is 98.9 cm³/mol. The number of aliphatic hydroxyl groups is 2. The third kappa shape index (κ3) is 1.61. The maximum absolute atomic E-state index is 13.7. The highest BCUT2D eigenvalue weighted by Crippen LogP contribution is 2.77. The topological polar surface area (TPSA) is 70.0 Å². The van der Waals surface area contributed by atoms with Crippen molar-refractivity contribution in [3.63, 3.8) is 0 Å². The number of likely N-dealkylation sites (tertiary alicyclic amines) is 1. The lowest BCUT2D eigenvalue weighted by atomic mass is 9.44. The molecule has 1 saturated heterocycles. The smallest absolute Gasteiger partial charge is 0.141 e. The number of Topliss-reactive ketones (excluding diaryl/α,β-unsaturated/α-hetero) is 1. The second kappa shape index (κ2) is 4.97. The van der Waals surface area contributed by atoms with E-state index in [1.54, 1.807) is 7.11 Å². The Morgan fingerprint density at radius 1 is 1.30 bits per heavy atom. The van der Waals surface area contributed by atoms with Crippen molar-refractivity contribution in [3.8, 4) is 0 Å². The van der Waals surface area contributed by atoms with E-state index >= 15 is 0 Å². The molecule has 6 rings (SSSR count). The van der Waals surface area contributed by atoms with Crippen molar-refractivity contribution in [1.29, 1.82) is 0 Å². The molecule has 2 N–H and O–H groups in total. The van der Waals surface area contributed by atoms with Crippen LogP contribution in [0.2, 0.25) is 0 Å². The summed E-state index contributed by atoms with van der Waals surface area (Å²) in [6.07, 6.45) is 3.45. The van der Waals surface area contributed by atoms with Crippen LogP contribution in [0.1, 0.15) is 46.0 Å². The fourth-order valence-electron chi connectivity index (χ4n) is 9.76. The first-order valence-electron chi connectivity index (χ1n) is 11.0. The average molecular weight is 376 g/mol. The molecule has 0 radical (unpaired) electrons. The maximum Gasteiger partial charge on any atom is 0.141 e. The number of nitrogens with zero attached hydrogens (tertiary/aromatic N) is 1. The third-order valence-electron chi connectivity index (χ3n) is 10.5. The summed E-state index contributed by atoms with van der Waals surface area (Å²) in [5, 5.41) is 23.3. The van der Waals surface area contributed by atoms with Crippen LogP contribution < -0.4 is 0 Å². The monoisotopic (exact) mass is 375 g/mol. The van der Waals surface area contributed by atoms with E-state index in [0.29, 0.717) is 24.5 Å². The van der Waals surface area contributed by atoms with Crippen LogP contribution in [-0.2, 0) is 9.53 Å². The van der Waals surface area contributed by atoms with E-state index in [4.69, 9.17) is 4.74 Å². The summed E-state index contributed by atoms with van der Waals surface area (Å²) in [5.41, 5.74) is -1.08. The molecule has 5 aliphatic carbocycles. The molecule has 0 unspecified atom stereocenters. The van der Waals surface area contributed by atoms with Gasteiger partial charge < -0.3 is 14.9 Å². The minimum atomic E-state index is -0.899. The van der Waals surface area contributed by atoms with Gasteiger partial charge in [0.05, 0.1) is 23.2 Å². The van der Waals surface area contributed by atoms with Crippen molar-refractivity contribution in [2.75, 3.05) is 20.2 Å². The summed E-state index contributed by atoms with van der Waals surface area (Å²) in [5.74, 6) is 0.919. The lowest BCUT2D eigenvalue weighted by molar-refractivity contribution is -0.235. The number of carbonyl (C=O) groups excluding carboxylic acids is 1. The van der Waals surface area contributed by atoms with E-state index in [1.807, 2.05) is 0 Å². The number of methoxy groups -OCH3 is 1. The van der Waals surface area contributed by atoms with Crippen molar-refractivity contribution in [3.05, 3.63) is 0 Å². The molecule has 0 aromatic rings. The lowest BCUT2D eigenvalue weighted by Crippen LogP contribution is -2.74. The minimum Gasteiger partial charge on any atom is -0.392 e. The number of fused-ring (bicyclic) bond motifs is 2. The minimum absolute atomic E-state index is 0.0655. The highest BCUT2D eigenvalue weighted by Gasteiger charge is 2.83. The van der Waals surface area contributed by atoms with E-state index in [9.17, 15) is 15.0 Å². The molecule has 6 fully saturated rings. The normalized spacial score (nSPS) is 63.5. The van der Waals surface area contributed by atoms with Gasteiger partial charge in [-0.1, -0.05) is 13.8 Å². The summed E-state index contributed by atoms with van der Waals surface area (Å²) >= 11 is 0. The molecule has 6 aliphatic rings. The first kappa shape index (κ1) is 17.4. The quantitative estimate of drug-likeness (QED) is 0.765. The second-order valence-electron chi connectivity index (χ2n) is 10.9. The zero-order valence-electron chi connectivity index (χ0n) is 16.7. The fourth-order valence-corrected chi connectivity index (χ4v) is 9.76. The molecule has 1 aliphatic heterocycles. The standard InChI is InChI=1S/C22H33NO4/c1-4-23-10-20(2)6-5-16(24)22-12-7-11-14(27-3)9-21(26,17(12)18(11)25)13(19(22)23)8-15(20)22/h11-15,17-19,25-26H,4-10H2,1-3H3/t11-,12-,13+,14+,15-,17-,18+,19-,20+,21+,22-/m1/s1. The Kier molecular flexibility index (Phi) is 3.20. The Balaban J connectivity index is 1.60. The fraction of sp³-hybridized carbons (Fsp3) is 0.955. The van der Waals surface area contributed by atoms with Crippen LogP contribution in [0.3, 0.4) is 0 Å². The number of carbonyl (C=O) groups is 1. The summed E-state index contributed by atoms with van der Waals surface area (Å²) in [4.78, 5) is 16.3. The Bertz CT molecular complexity index is 712. The highest BCUT2D eigenvalue weighted by molar-refractivity contribution is 5.89. The van der Waals surface area contributed by atoms with Gasteiger partial charge in [-0.05, 0) is 43.1 Å². The molecule has 5 heteroatoms. The van der Waals surface area contributed by atoms with Crippen LogP contribution in [0, 0.1) is 40.4 Å². The number of hydrogen-bond acceptors (Lipinski definition) is 5. The van der Waals surface area contributed by atoms with Crippen LogP contribution in [0.5, 0.6) is 0 Å². The van der Waals surface area contributed by atoms with Gasteiger partial charge in [-0.3, -0.25) is 9.69 Å². The molecular weight excluding hydrogens is 342 g/mol. The average Bonchev–Trinajstić information content (AvgIpc) is 3.07. The zero-order valence-corrected chi connectivity index (χ0v) is 16.7. The van der Waals surface area contributed by atoms with Crippen LogP contribution in [0.4, 0.5) is 0 Å². The van der Waals surface area contributed by atoms with Crippen molar-refractivity contribution < 1.29 is 19.7 Å². The first-order valence-corrected chi connectivity index (χ1v) is 11.0. The Morgan fingerprint density at radius 3 is 2.78 bits per heavy atom. The van der Waals surface area contributed by atoms with Crippen molar-refractivity contribution in [1.82, 2.24) is 4.90 Å². The summed E-state index contributed by atoms with van der Waals surface area (Å²) in [7, 11) is 1.71. The molecule has 5 saturated carbocycles. The van der Waals surface area contributed by atoms with Gasteiger partial charge in [0, 0.05) is 50.3 Å². The molecule has 11 atom stereocenters. The van der Waals surface area contributed by atoms with Gasteiger partial charge in [-0.2, -0.15) is 0 Å². The van der Waals surface area contributed by atoms with Gasteiger partial charge >= 0.3 is 0 Å². The van der Waals surface area contributed by atoms with Gasteiger partial charge in [-0.15, -0.1) is 0 Å². The van der Waals surface area contributed by atoms with Gasteiger partial charge in [0.15, 0.2) is 0 Å². The molecule has 0 aromatic heterocycles. The van der Waals surface area contributed by atoms with Crippen molar-refractivity contribution >= 4 is 5.78 Å². The predicted octanol–water partition coefficient (Wildman–Crippen LogP) is 1.46. The largest absolute Gasteiger partial charge is 0.392 e. The molecule has 1 heterocycles. The number of aliphatic hydroxyl groups excluding tert-OH is 1. The Hall–Kier alpha value is -0.490. The summed E-state index contributed by atoms with van der Waals surface area (Å²) in [6, 6.07) is 0.154. The molecule has 5 nitrogen and oxygen atoms in total. The molecule has 0 aromatic carbocycles. The third-order valence-corrected chi connectivity index (χ3v) is 10.5. The number of ketones is 1. The Labute approximate surface area is 161 Å². The van der Waals surface area contributed by atoms with E-state index < -0.39 is 11.7 Å². The number of hydrogen-bond donors (Lipinski definition) is 2. The van der Waals surface area contributed by atoms with Crippen LogP contribution in [0.25, 0.3) is 0 Å². The lowest BCUT2D eigenvalue weighted by Gasteiger charge is -2.66. The van der Waals surface area contributed by atoms with Gasteiger partial charge in [-0.25, -0.2) is 0 Å². The molecule has 0 amide bonds. The summed E-state index contributed by atoms with van der Waals surface area (Å²) < 4.78 is 5.77. The number of rotatable bonds is 2. The van der Waals surface area contributed by atoms with Gasteiger partial charge in [0.25, 0.3) is 0 Å². The van der Waals surface area contributed by atoms with Crippen molar-refractivity contribution in [2.24, 2.45) is 40.4 Å². The zero-order chi connectivity index (χ0) is 18.9. The molecule has 27 heavy (non-hydrogen) atoms. The first-order chi connectivity index (χ1) is 12.8. The van der Waals surface area contributed by atoms with E-state index in [2.05, 4.69) is 18.7 Å². The molecule has 1 spiro atoms. The van der Waals surface area contributed by atoms with Crippen LogP contribution in [0.15, 0.2) is 0 Å². The van der Waals surface area contributed by atoms with E-state index in [-0.39, 0.29) is 46.6 Å². The van der Waals surface area contributed by atoms with Crippen LogP contribution >= 0.6 is 0 Å².